The van der Waals surface area contributed by atoms with E-state index in [9.17, 15) is 0 Å². The van der Waals surface area contributed by atoms with Gasteiger partial charge in [-0.05, 0) is 38.4 Å². The van der Waals surface area contributed by atoms with E-state index in [4.69, 9.17) is 5.73 Å². The average molecular weight is 236 g/mol. The Labute approximate surface area is 104 Å². The van der Waals surface area contributed by atoms with Gasteiger partial charge in [-0.2, -0.15) is 5.10 Å². The minimum absolute atomic E-state index is 0.688. The van der Waals surface area contributed by atoms with Crippen molar-refractivity contribution in [3.63, 3.8) is 0 Å². The normalized spacial score (nSPS) is 24.7. The molecule has 1 aliphatic carbocycles. The molecule has 1 fully saturated rings. The van der Waals surface area contributed by atoms with Gasteiger partial charge in [0.15, 0.2) is 0 Å². The number of likely N-dealkylation sites (N-methyl/N-ethyl adjacent to an activating group) is 1. The Bertz CT molecular complexity index is 347. The maximum Gasteiger partial charge on any atom is 0.0492 e. The second kappa shape index (κ2) is 5.65. The molecule has 96 valence electrons. The Morgan fingerprint density at radius 3 is 3.00 bits per heavy atom. The molecule has 0 aliphatic heterocycles. The quantitative estimate of drug-likeness (QED) is 0.830. The molecule has 2 unspecified atom stereocenters. The molecule has 4 nitrogen and oxygen atoms in total. The van der Waals surface area contributed by atoms with Crippen LogP contribution in [0, 0.1) is 5.92 Å². The Morgan fingerprint density at radius 2 is 2.35 bits per heavy atom. The summed E-state index contributed by atoms with van der Waals surface area (Å²) in [6.45, 7) is 1.93. The molecular formula is C13H24N4. The first kappa shape index (κ1) is 12.6. The van der Waals surface area contributed by atoms with Crippen molar-refractivity contribution in [1.29, 1.82) is 0 Å². The van der Waals surface area contributed by atoms with Gasteiger partial charge in [-0.1, -0.05) is 6.42 Å². The molecule has 2 atom stereocenters. The Hall–Kier alpha value is -0.870. The van der Waals surface area contributed by atoms with Crippen LogP contribution in [0.5, 0.6) is 0 Å². The molecule has 0 amide bonds. The van der Waals surface area contributed by atoms with Crippen LogP contribution in [0.1, 0.15) is 25.0 Å². The van der Waals surface area contributed by atoms with E-state index in [0.717, 1.165) is 19.5 Å². The van der Waals surface area contributed by atoms with Crippen molar-refractivity contribution in [1.82, 2.24) is 14.7 Å². The van der Waals surface area contributed by atoms with Gasteiger partial charge in [-0.25, -0.2) is 0 Å². The smallest absolute Gasteiger partial charge is 0.0492 e. The van der Waals surface area contributed by atoms with Gasteiger partial charge in [-0.15, -0.1) is 0 Å². The average Bonchev–Trinajstić information content (AvgIpc) is 2.94. The lowest BCUT2D eigenvalue weighted by molar-refractivity contribution is 0.201. The van der Waals surface area contributed by atoms with Gasteiger partial charge < -0.3 is 10.6 Å². The Morgan fingerprint density at radius 1 is 1.53 bits per heavy atom. The summed E-state index contributed by atoms with van der Waals surface area (Å²) < 4.78 is 1.96. The van der Waals surface area contributed by atoms with Crippen LogP contribution < -0.4 is 5.73 Å². The summed E-state index contributed by atoms with van der Waals surface area (Å²) in [4.78, 5) is 2.48. The standard InChI is InChI=1S/C13H24N4/c1-16(13-5-3-4-11(13)10-14)9-7-12-6-8-15-17(12)2/h6,8,11,13H,3-5,7,9-10,14H2,1-2H3. The van der Waals surface area contributed by atoms with Crippen molar-refractivity contribution in [3.05, 3.63) is 18.0 Å². The molecule has 1 heterocycles. The van der Waals surface area contributed by atoms with Crippen LogP contribution >= 0.6 is 0 Å². The fraction of sp³-hybridized carbons (Fsp3) is 0.769. The summed E-state index contributed by atoms with van der Waals surface area (Å²) >= 11 is 0. The molecule has 4 heteroatoms. The number of nitrogens with two attached hydrogens (primary N) is 1. The van der Waals surface area contributed by atoms with E-state index in [-0.39, 0.29) is 0 Å². The van der Waals surface area contributed by atoms with Crippen molar-refractivity contribution in [3.8, 4) is 0 Å². The topological polar surface area (TPSA) is 47.1 Å². The van der Waals surface area contributed by atoms with Crippen molar-refractivity contribution in [2.75, 3.05) is 20.1 Å². The van der Waals surface area contributed by atoms with Crippen LogP contribution in [0.15, 0.2) is 12.3 Å². The lowest BCUT2D eigenvalue weighted by atomic mass is 10.0. The minimum atomic E-state index is 0.688. The zero-order chi connectivity index (χ0) is 12.3. The van der Waals surface area contributed by atoms with Gasteiger partial charge in [0.25, 0.3) is 0 Å². The molecule has 0 bridgehead atoms. The van der Waals surface area contributed by atoms with Gasteiger partial charge in [0.05, 0.1) is 0 Å². The third-order valence-electron chi connectivity index (χ3n) is 4.13. The van der Waals surface area contributed by atoms with E-state index in [1.165, 1.54) is 25.0 Å². The monoisotopic (exact) mass is 236 g/mol. The predicted octanol–water partition coefficient (Wildman–Crippen LogP) is 1.02. The van der Waals surface area contributed by atoms with Crippen molar-refractivity contribution in [2.24, 2.45) is 18.7 Å². The van der Waals surface area contributed by atoms with E-state index in [0.29, 0.717) is 12.0 Å². The number of nitrogens with zero attached hydrogens (tertiary/aromatic N) is 3. The molecule has 17 heavy (non-hydrogen) atoms. The van der Waals surface area contributed by atoms with Crippen LogP contribution in [0.4, 0.5) is 0 Å². The highest BCUT2D eigenvalue weighted by Crippen LogP contribution is 2.28. The van der Waals surface area contributed by atoms with Gasteiger partial charge in [0, 0.05) is 37.9 Å². The molecule has 1 aromatic heterocycles. The molecule has 2 rings (SSSR count). The lowest BCUT2D eigenvalue weighted by Gasteiger charge is -2.29. The zero-order valence-corrected chi connectivity index (χ0v) is 11.0. The summed E-state index contributed by atoms with van der Waals surface area (Å²) in [6, 6.07) is 2.79. The van der Waals surface area contributed by atoms with Gasteiger partial charge >= 0.3 is 0 Å². The zero-order valence-electron chi connectivity index (χ0n) is 11.0. The summed E-state index contributed by atoms with van der Waals surface area (Å²) in [5, 5.41) is 4.20. The molecule has 2 N–H and O–H groups in total. The highest BCUT2D eigenvalue weighted by atomic mass is 15.3. The van der Waals surface area contributed by atoms with E-state index >= 15 is 0 Å². The number of aromatic nitrogens is 2. The maximum absolute atomic E-state index is 5.84. The van der Waals surface area contributed by atoms with Gasteiger partial charge in [0.1, 0.15) is 0 Å². The Balaban J connectivity index is 1.85. The molecule has 0 saturated heterocycles. The second-order valence-electron chi connectivity index (χ2n) is 5.17. The summed E-state index contributed by atoms with van der Waals surface area (Å²) in [6.07, 6.45) is 6.89. The van der Waals surface area contributed by atoms with Crippen LogP contribution in [0.3, 0.4) is 0 Å². The van der Waals surface area contributed by atoms with Crippen LogP contribution in [0.2, 0.25) is 0 Å². The summed E-state index contributed by atoms with van der Waals surface area (Å²) in [5.74, 6) is 0.700. The highest BCUT2D eigenvalue weighted by molar-refractivity contribution is 5.00. The first-order valence-corrected chi connectivity index (χ1v) is 6.59. The molecule has 1 aliphatic rings. The summed E-state index contributed by atoms with van der Waals surface area (Å²) in [5.41, 5.74) is 7.14. The fourth-order valence-electron chi connectivity index (χ4n) is 2.98. The number of hydrogen-bond acceptors (Lipinski definition) is 3. The molecule has 0 aromatic carbocycles. The van der Waals surface area contributed by atoms with E-state index in [1.807, 2.05) is 17.9 Å². The first-order chi connectivity index (χ1) is 8.22. The van der Waals surface area contributed by atoms with Crippen LogP contribution in [0.25, 0.3) is 0 Å². The maximum atomic E-state index is 5.84. The molecule has 1 saturated carbocycles. The second-order valence-corrected chi connectivity index (χ2v) is 5.17. The van der Waals surface area contributed by atoms with Gasteiger partial charge in [0.2, 0.25) is 0 Å². The van der Waals surface area contributed by atoms with E-state index < -0.39 is 0 Å². The minimum Gasteiger partial charge on any atom is -0.330 e. The fourth-order valence-corrected chi connectivity index (χ4v) is 2.98. The number of rotatable bonds is 5. The third kappa shape index (κ3) is 2.87. The van der Waals surface area contributed by atoms with Crippen LogP contribution in [-0.2, 0) is 13.5 Å². The first-order valence-electron chi connectivity index (χ1n) is 6.59. The SMILES string of the molecule is CN(CCc1ccnn1C)C1CCCC1CN. The summed E-state index contributed by atoms with van der Waals surface area (Å²) in [7, 11) is 4.24. The third-order valence-corrected chi connectivity index (χ3v) is 4.13. The molecule has 0 spiro atoms. The van der Waals surface area contributed by atoms with Crippen molar-refractivity contribution < 1.29 is 0 Å². The van der Waals surface area contributed by atoms with E-state index in [2.05, 4.69) is 23.1 Å². The molecule has 0 radical (unpaired) electrons. The largest absolute Gasteiger partial charge is 0.330 e. The van der Waals surface area contributed by atoms with Crippen molar-refractivity contribution >= 4 is 0 Å². The number of hydrogen-bond donors (Lipinski definition) is 1. The van der Waals surface area contributed by atoms with Crippen LogP contribution in [-0.4, -0.2) is 40.9 Å². The molecule has 1 aromatic rings. The lowest BCUT2D eigenvalue weighted by Crippen LogP contribution is -2.38. The van der Waals surface area contributed by atoms with Gasteiger partial charge in [-0.3, -0.25) is 4.68 Å². The van der Waals surface area contributed by atoms with Crippen molar-refractivity contribution in [2.45, 2.75) is 31.7 Å². The Kier molecular flexibility index (Phi) is 4.18. The predicted molar refractivity (Wildman–Crippen MR) is 69.7 cm³/mol. The number of aryl methyl sites for hydroxylation is 1. The highest BCUT2D eigenvalue weighted by Gasteiger charge is 2.28. The molecular weight excluding hydrogens is 212 g/mol. The van der Waals surface area contributed by atoms with E-state index in [1.54, 1.807) is 0 Å².